The van der Waals surface area contributed by atoms with Crippen LogP contribution < -0.4 is 15.9 Å². The fourth-order valence-electron chi connectivity index (χ4n) is 5.31. The first kappa shape index (κ1) is 23.7. The van der Waals surface area contributed by atoms with Crippen LogP contribution in [0.25, 0.3) is 45.2 Å². The summed E-state index contributed by atoms with van der Waals surface area (Å²) >= 11 is 0. The monoisotopic (exact) mass is 510 g/mol. The molecule has 6 heteroatoms. The average Bonchev–Trinajstić information content (AvgIpc) is 3.30. The Morgan fingerprint density at radius 1 is 0.692 bits per heavy atom. The molecule has 0 radical (unpaired) electrons. The summed E-state index contributed by atoms with van der Waals surface area (Å²) in [7, 11) is 0. The number of fused-ring (bicyclic) bond motifs is 10. The average molecular weight is 511 g/mol. The summed E-state index contributed by atoms with van der Waals surface area (Å²) in [6.45, 7) is 13.5. The highest BCUT2D eigenvalue weighted by molar-refractivity contribution is 6.06. The zero-order chi connectivity index (χ0) is 27.1. The van der Waals surface area contributed by atoms with E-state index in [0.29, 0.717) is 0 Å². The molecule has 0 aliphatic carbocycles. The topological polar surface area (TPSA) is 75.4 Å². The second kappa shape index (κ2) is 8.03. The highest BCUT2D eigenvalue weighted by Crippen LogP contribution is 2.44. The zero-order valence-corrected chi connectivity index (χ0v) is 23.1. The minimum absolute atomic E-state index is 0.0549. The van der Waals surface area contributed by atoms with Gasteiger partial charge >= 0.3 is 0 Å². The van der Waals surface area contributed by atoms with Crippen molar-refractivity contribution in [3.05, 3.63) is 88.5 Å². The molecule has 0 atom stereocenters. The molecule has 2 aromatic carbocycles. The van der Waals surface area contributed by atoms with Crippen molar-refractivity contribution in [1.29, 1.82) is 0 Å². The van der Waals surface area contributed by atoms with Crippen LogP contribution in [-0.4, -0.2) is 21.2 Å². The van der Waals surface area contributed by atoms with Gasteiger partial charge in [0, 0.05) is 21.9 Å². The van der Waals surface area contributed by atoms with E-state index in [1.54, 1.807) is 6.20 Å². The SMILES string of the molecule is CC(C)(C)c1cc2c3c(c1)-c1cc(C(C)(C)C)cc(c1=N3)=C1C=NC=C(N1)c1cccc(n1)-c1cncc-2n1. The van der Waals surface area contributed by atoms with Gasteiger partial charge in [-0.3, -0.25) is 9.98 Å². The van der Waals surface area contributed by atoms with E-state index in [1.165, 1.54) is 11.1 Å². The number of nitrogens with zero attached hydrogens (tertiary/aromatic N) is 5. The summed E-state index contributed by atoms with van der Waals surface area (Å²) in [6.07, 6.45) is 7.31. The molecule has 2 aromatic heterocycles. The molecule has 192 valence electrons. The number of hydrogen-bond acceptors (Lipinski definition) is 6. The van der Waals surface area contributed by atoms with Crippen LogP contribution in [0, 0.1) is 0 Å². The molecule has 5 heterocycles. The van der Waals surface area contributed by atoms with Gasteiger partial charge in [0.25, 0.3) is 0 Å². The van der Waals surface area contributed by atoms with Gasteiger partial charge in [0.2, 0.25) is 0 Å². The van der Waals surface area contributed by atoms with Crippen LogP contribution in [0.5, 0.6) is 0 Å². The first-order chi connectivity index (χ1) is 18.6. The Bertz CT molecular complexity index is 1900. The number of aliphatic imine (C=N–C) groups is 1. The van der Waals surface area contributed by atoms with E-state index in [0.717, 1.165) is 67.1 Å². The quantitative estimate of drug-likeness (QED) is 0.285. The Hall–Kier alpha value is -4.45. The van der Waals surface area contributed by atoms with Gasteiger partial charge in [-0.05, 0) is 58.4 Å². The number of nitrogens with one attached hydrogen (secondary N) is 1. The molecule has 0 spiro atoms. The molecule has 0 fully saturated rings. The molecule has 0 saturated heterocycles. The molecule has 7 rings (SSSR count). The van der Waals surface area contributed by atoms with Crippen LogP contribution in [0.1, 0.15) is 58.4 Å². The number of hydrogen-bond donors (Lipinski definition) is 1. The van der Waals surface area contributed by atoms with Crippen molar-refractivity contribution in [2.75, 3.05) is 0 Å². The van der Waals surface area contributed by atoms with E-state index >= 15 is 0 Å². The maximum absolute atomic E-state index is 5.32. The highest BCUT2D eigenvalue weighted by Gasteiger charge is 2.28. The fourth-order valence-corrected chi connectivity index (χ4v) is 5.31. The van der Waals surface area contributed by atoms with Crippen LogP contribution in [0.3, 0.4) is 0 Å². The predicted octanol–water partition coefficient (Wildman–Crippen LogP) is 5.83. The van der Waals surface area contributed by atoms with Crippen molar-refractivity contribution in [3.63, 3.8) is 0 Å². The second-order valence-corrected chi connectivity index (χ2v) is 12.5. The van der Waals surface area contributed by atoms with Gasteiger partial charge in [-0.25, -0.2) is 15.0 Å². The van der Waals surface area contributed by atoms with Gasteiger partial charge in [-0.2, -0.15) is 0 Å². The van der Waals surface area contributed by atoms with E-state index in [9.17, 15) is 0 Å². The number of rotatable bonds is 0. The number of aromatic nitrogens is 3. The third-order valence-corrected chi connectivity index (χ3v) is 7.63. The molecule has 6 nitrogen and oxygen atoms in total. The van der Waals surface area contributed by atoms with E-state index in [2.05, 4.69) is 81.1 Å². The van der Waals surface area contributed by atoms with E-state index < -0.39 is 0 Å². The molecule has 0 saturated carbocycles. The van der Waals surface area contributed by atoms with E-state index in [1.807, 2.05) is 36.8 Å². The van der Waals surface area contributed by atoms with Gasteiger partial charge in [0.1, 0.15) is 5.69 Å². The predicted molar refractivity (Wildman–Crippen MR) is 157 cm³/mol. The van der Waals surface area contributed by atoms with E-state index in [4.69, 9.17) is 15.0 Å². The first-order valence-corrected chi connectivity index (χ1v) is 13.3. The Kier molecular flexibility index (Phi) is 4.87. The van der Waals surface area contributed by atoms with E-state index in [-0.39, 0.29) is 10.8 Å². The van der Waals surface area contributed by atoms with Crippen molar-refractivity contribution in [1.82, 2.24) is 20.3 Å². The molecule has 3 aliphatic rings. The summed E-state index contributed by atoms with van der Waals surface area (Å²) in [5, 5.41) is 5.59. The molecular formula is C33H30N6. The highest BCUT2D eigenvalue weighted by atomic mass is 15.0. The Morgan fingerprint density at radius 3 is 2.15 bits per heavy atom. The maximum atomic E-state index is 5.32. The van der Waals surface area contributed by atoms with Crippen LogP contribution in [-0.2, 0) is 10.8 Å². The lowest BCUT2D eigenvalue weighted by Crippen LogP contribution is -2.35. The molecule has 4 aromatic rings. The minimum Gasteiger partial charge on any atom is -0.351 e. The summed E-state index contributed by atoms with van der Waals surface area (Å²) in [4.78, 5) is 24.6. The smallest absolute Gasteiger partial charge is 0.108 e. The van der Waals surface area contributed by atoms with Gasteiger partial charge in [0.05, 0.1) is 64.3 Å². The Labute approximate surface area is 228 Å². The molecule has 39 heavy (non-hydrogen) atoms. The second-order valence-electron chi connectivity index (χ2n) is 12.5. The van der Waals surface area contributed by atoms with Crippen LogP contribution in [0.15, 0.2) is 71.0 Å². The lowest BCUT2D eigenvalue weighted by atomic mass is 9.82. The minimum atomic E-state index is -0.0626. The summed E-state index contributed by atoms with van der Waals surface area (Å²) in [5.74, 6) is 0. The maximum Gasteiger partial charge on any atom is 0.108 e. The zero-order valence-electron chi connectivity index (χ0n) is 23.1. The Morgan fingerprint density at radius 2 is 1.36 bits per heavy atom. The fraction of sp³-hybridized carbons (Fsp3) is 0.242. The van der Waals surface area contributed by atoms with Crippen molar-refractivity contribution in [2.24, 2.45) is 9.98 Å². The van der Waals surface area contributed by atoms with Crippen molar-refractivity contribution in [2.45, 2.75) is 52.4 Å². The summed E-state index contributed by atoms with van der Waals surface area (Å²) in [5.41, 5.74) is 11.3. The normalized spacial score (nSPS) is 14.8. The van der Waals surface area contributed by atoms with Crippen molar-refractivity contribution >= 4 is 23.3 Å². The summed E-state index contributed by atoms with van der Waals surface area (Å²) in [6, 6.07) is 15.1. The lowest BCUT2D eigenvalue weighted by molar-refractivity contribution is 0.589. The van der Waals surface area contributed by atoms with Crippen molar-refractivity contribution < 1.29 is 0 Å². The summed E-state index contributed by atoms with van der Waals surface area (Å²) < 4.78 is 0. The largest absolute Gasteiger partial charge is 0.351 e. The van der Waals surface area contributed by atoms with Gasteiger partial charge in [0.15, 0.2) is 0 Å². The lowest BCUT2D eigenvalue weighted by Gasteiger charge is -2.23. The number of pyridine rings is 1. The van der Waals surface area contributed by atoms with Gasteiger partial charge in [-0.15, -0.1) is 0 Å². The van der Waals surface area contributed by atoms with Crippen LogP contribution in [0.2, 0.25) is 0 Å². The van der Waals surface area contributed by atoms with Gasteiger partial charge in [-0.1, -0.05) is 47.6 Å². The van der Waals surface area contributed by atoms with Crippen molar-refractivity contribution in [3.8, 4) is 33.8 Å². The third-order valence-electron chi connectivity index (χ3n) is 7.63. The Balaban J connectivity index is 1.67. The van der Waals surface area contributed by atoms with Gasteiger partial charge < -0.3 is 5.32 Å². The standard InChI is InChI=1S/C33H30N6/c1-32(2,3)18-10-20-21-11-19(33(4,5)6)13-23-27-15-35-17-29(38-27)25-9-7-8-24(36-25)28-16-34-14-26(37-28)22(12-18)30(20)39-31(21)23/h7-17,37H,1-6H3. The molecule has 8 bridgehead atoms. The molecule has 0 unspecified atom stereocenters. The molecular weight excluding hydrogens is 480 g/mol. The third kappa shape index (κ3) is 3.82. The molecule has 1 N–H and O–H groups in total. The molecule has 3 aliphatic heterocycles. The first-order valence-electron chi connectivity index (χ1n) is 13.3. The number of benzene rings is 2. The van der Waals surface area contributed by atoms with Crippen LogP contribution in [0.4, 0.5) is 5.69 Å². The molecule has 0 amide bonds. The van der Waals surface area contributed by atoms with Crippen LogP contribution >= 0.6 is 0 Å².